The van der Waals surface area contributed by atoms with Crippen LogP contribution in [0.2, 0.25) is 0 Å². The van der Waals surface area contributed by atoms with Crippen LogP contribution < -0.4 is 5.32 Å². The molecule has 0 bridgehead atoms. The van der Waals surface area contributed by atoms with Gasteiger partial charge >= 0.3 is 5.97 Å². The number of hydrogen-bond donors (Lipinski definition) is 2. The second-order valence-corrected chi connectivity index (χ2v) is 3.80. The molecule has 2 N–H and O–H groups in total. The number of rotatable bonds is 7. The van der Waals surface area contributed by atoms with E-state index in [0.29, 0.717) is 0 Å². The number of aromatic hydroxyl groups is 1. The van der Waals surface area contributed by atoms with Crippen LogP contribution in [0.5, 0.6) is 5.75 Å². The minimum Gasteiger partial charge on any atom is -0.508 e. The van der Waals surface area contributed by atoms with E-state index in [9.17, 15) is 14.3 Å². The third kappa shape index (κ3) is 4.42. The SMILES string of the molecule is CCOC(=O)C(NCCN=[N+]=[N-])c1cc(F)ccc1O. The summed E-state index contributed by atoms with van der Waals surface area (Å²) in [6.07, 6.45) is 0. The summed E-state index contributed by atoms with van der Waals surface area (Å²) in [4.78, 5) is 14.4. The molecule has 108 valence electrons. The Bertz CT molecular complexity index is 517. The summed E-state index contributed by atoms with van der Waals surface area (Å²) in [7, 11) is 0. The van der Waals surface area contributed by atoms with Crippen molar-refractivity contribution in [3.8, 4) is 5.75 Å². The average molecular weight is 282 g/mol. The molecule has 0 aliphatic carbocycles. The van der Waals surface area contributed by atoms with Gasteiger partial charge in [-0.1, -0.05) is 5.11 Å². The molecule has 1 rings (SSSR count). The number of esters is 1. The lowest BCUT2D eigenvalue weighted by atomic mass is 10.1. The van der Waals surface area contributed by atoms with Crippen LogP contribution in [0.15, 0.2) is 23.3 Å². The molecule has 1 aromatic carbocycles. The predicted octanol–water partition coefficient (Wildman–Crippen LogP) is 2.04. The minimum atomic E-state index is -1.03. The van der Waals surface area contributed by atoms with Gasteiger partial charge in [0.2, 0.25) is 0 Å². The first-order valence-electron chi connectivity index (χ1n) is 5.99. The molecule has 1 aromatic rings. The van der Waals surface area contributed by atoms with Crippen LogP contribution >= 0.6 is 0 Å². The lowest BCUT2D eigenvalue weighted by molar-refractivity contribution is -0.145. The third-order valence-electron chi connectivity index (χ3n) is 2.45. The van der Waals surface area contributed by atoms with Crippen molar-refractivity contribution in [3.05, 3.63) is 40.0 Å². The topological polar surface area (TPSA) is 107 Å². The van der Waals surface area contributed by atoms with E-state index in [1.54, 1.807) is 6.92 Å². The highest BCUT2D eigenvalue weighted by Gasteiger charge is 2.24. The van der Waals surface area contributed by atoms with Crippen LogP contribution in [0, 0.1) is 5.82 Å². The van der Waals surface area contributed by atoms with E-state index in [4.69, 9.17) is 10.3 Å². The zero-order valence-electron chi connectivity index (χ0n) is 10.9. The molecule has 0 aromatic heterocycles. The van der Waals surface area contributed by atoms with Gasteiger partial charge in [0.1, 0.15) is 17.6 Å². The van der Waals surface area contributed by atoms with Gasteiger partial charge in [0.05, 0.1) is 6.61 Å². The summed E-state index contributed by atoms with van der Waals surface area (Å²) < 4.78 is 18.1. The molecule has 0 amide bonds. The normalized spacial score (nSPS) is 11.5. The number of ether oxygens (including phenoxy) is 1. The van der Waals surface area contributed by atoms with Gasteiger partial charge in [-0.05, 0) is 30.7 Å². The molecule has 0 fully saturated rings. The molecule has 7 nitrogen and oxygen atoms in total. The molecule has 20 heavy (non-hydrogen) atoms. The smallest absolute Gasteiger partial charge is 0.327 e. The predicted molar refractivity (Wildman–Crippen MR) is 69.5 cm³/mol. The number of nitrogens with one attached hydrogen (secondary N) is 1. The maximum Gasteiger partial charge on any atom is 0.327 e. The van der Waals surface area contributed by atoms with Gasteiger partial charge in [0.15, 0.2) is 0 Å². The number of benzene rings is 1. The number of carbonyl (C=O) groups is 1. The van der Waals surface area contributed by atoms with E-state index in [1.807, 2.05) is 0 Å². The van der Waals surface area contributed by atoms with Crippen LogP contribution in [-0.4, -0.2) is 30.8 Å². The van der Waals surface area contributed by atoms with Gasteiger partial charge < -0.3 is 15.2 Å². The molecule has 0 aliphatic rings. The van der Waals surface area contributed by atoms with Crippen LogP contribution in [0.1, 0.15) is 18.5 Å². The number of phenolic OH excluding ortho intramolecular Hbond substituents is 1. The van der Waals surface area contributed by atoms with Crippen molar-refractivity contribution in [2.75, 3.05) is 19.7 Å². The minimum absolute atomic E-state index is 0.0735. The molecule has 1 unspecified atom stereocenters. The number of halogens is 1. The Hall–Kier alpha value is -2.31. The molecular formula is C12H15FN4O3. The highest BCUT2D eigenvalue weighted by molar-refractivity contribution is 5.78. The highest BCUT2D eigenvalue weighted by Crippen LogP contribution is 2.26. The molecule has 0 heterocycles. The number of hydrogen-bond acceptors (Lipinski definition) is 5. The third-order valence-corrected chi connectivity index (χ3v) is 2.45. The van der Waals surface area contributed by atoms with Crippen molar-refractivity contribution in [2.24, 2.45) is 5.11 Å². The monoisotopic (exact) mass is 282 g/mol. The molecular weight excluding hydrogens is 267 g/mol. The van der Waals surface area contributed by atoms with Crippen molar-refractivity contribution < 1.29 is 19.0 Å². The summed E-state index contributed by atoms with van der Waals surface area (Å²) in [6, 6.07) is 2.27. The van der Waals surface area contributed by atoms with Gasteiger partial charge in [-0.25, -0.2) is 9.18 Å². The van der Waals surface area contributed by atoms with Crippen molar-refractivity contribution in [1.82, 2.24) is 5.32 Å². The van der Waals surface area contributed by atoms with E-state index in [1.165, 1.54) is 0 Å². The van der Waals surface area contributed by atoms with Crippen molar-refractivity contribution in [3.63, 3.8) is 0 Å². The summed E-state index contributed by atoms with van der Waals surface area (Å²) >= 11 is 0. The Morgan fingerprint density at radius 1 is 1.65 bits per heavy atom. The lowest BCUT2D eigenvalue weighted by Crippen LogP contribution is -2.32. The maximum atomic E-state index is 13.2. The Labute approximate surface area is 115 Å². The number of phenols is 1. The van der Waals surface area contributed by atoms with E-state index >= 15 is 0 Å². The second-order valence-electron chi connectivity index (χ2n) is 3.80. The number of carbonyl (C=O) groups excluding carboxylic acids is 1. The van der Waals surface area contributed by atoms with Crippen molar-refractivity contribution in [2.45, 2.75) is 13.0 Å². The Balaban J connectivity index is 2.93. The second kappa shape index (κ2) is 7.98. The van der Waals surface area contributed by atoms with Gasteiger partial charge in [-0.3, -0.25) is 0 Å². The Morgan fingerprint density at radius 2 is 2.40 bits per heavy atom. The van der Waals surface area contributed by atoms with E-state index < -0.39 is 17.8 Å². The molecule has 0 saturated heterocycles. The fraction of sp³-hybridized carbons (Fsp3) is 0.417. The summed E-state index contributed by atoms with van der Waals surface area (Å²) in [5, 5.41) is 15.8. The van der Waals surface area contributed by atoms with Gasteiger partial charge in [0.25, 0.3) is 0 Å². The summed E-state index contributed by atoms with van der Waals surface area (Å²) in [5.41, 5.74) is 8.25. The van der Waals surface area contributed by atoms with Crippen LogP contribution in [-0.2, 0) is 9.53 Å². The first kappa shape index (κ1) is 15.7. The van der Waals surface area contributed by atoms with E-state index in [0.717, 1.165) is 18.2 Å². The van der Waals surface area contributed by atoms with Crippen molar-refractivity contribution in [1.29, 1.82) is 0 Å². The summed E-state index contributed by atoms with van der Waals surface area (Å²) in [5.74, 6) is -1.45. The summed E-state index contributed by atoms with van der Waals surface area (Å²) in [6.45, 7) is 2.09. The number of nitrogens with zero attached hydrogens (tertiary/aromatic N) is 3. The molecule has 0 spiro atoms. The van der Waals surface area contributed by atoms with Gasteiger partial charge in [-0.15, -0.1) is 0 Å². The fourth-order valence-electron chi connectivity index (χ4n) is 1.61. The molecule has 1 atom stereocenters. The Kier molecular flexibility index (Phi) is 6.28. The number of azide groups is 1. The first-order chi connectivity index (χ1) is 9.60. The molecule has 8 heteroatoms. The first-order valence-corrected chi connectivity index (χ1v) is 5.99. The largest absolute Gasteiger partial charge is 0.508 e. The zero-order chi connectivity index (χ0) is 15.0. The molecule has 0 saturated carbocycles. The quantitative estimate of drug-likeness (QED) is 0.262. The van der Waals surface area contributed by atoms with Crippen LogP contribution in [0.25, 0.3) is 10.4 Å². The van der Waals surface area contributed by atoms with Gasteiger partial charge in [-0.2, -0.15) is 0 Å². The van der Waals surface area contributed by atoms with Crippen LogP contribution in [0.3, 0.4) is 0 Å². The average Bonchev–Trinajstić information content (AvgIpc) is 2.42. The molecule has 0 radical (unpaired) electrons. The standard InChI is InChI=1S/C12H15FN4O3/c1-2-20-12(19)11(15-5-6-16-17-14)9-7-8(13)3-4-10(9)18/h3-4,7,11,15,18H,2,5-6H2,1H3. The lowest BCUT2D eigenvalue weighted by Gasteiger charge is -2.18. The van der Waals surface area contributed by atoms with Crippen LogP contribution in [0.4, 0.5) is 4.39 Å². The van der Waals surface area contributed by atoms with Crippen molar-refractivity contribution >= 4 is 5.97 Å². The Morgan fingerprint density at radius 3 is 3.05 bits per heavy atom. The van der Waals surface area contributed by atoms with E-state index in [-0.39, 0.29) is 31.0 Å². The fourth-order valence-corrected chi connectivity index (χ4v) is 1.61. The van der Waals surface area contributed by atoms with Gasteiger partial charge in [0, 0.05) is 23.6 Å². The zero-order valence-corrected chi connectivity index (χ0v) is 10.9. The highest BCUT2D eigenvalue weighted by atomic mass is 19.1. The van der Waals surface area contributed by atoms with E-state index in [2.05, 4.69) is 15.3 Å². The molecule has 0 aliphatic heterocycles. The maximum absolute atomic E-state index is 13.2.